The van der Waals surface area contributed by atoms with Crippen molar-refractivity contribution in [1.82, 2.24) is 24.5 Å². The number of rotatable bonds is 4. The Morgan fingerprint density at radius 2 is 2.16 bits per heavy atom. The van der Waals surface area contributed by atoms with Crippen molar-refractivity contribution >= 4 is 11.9 Å². The summed E-state index contributed by atoms with van der Waals surface area (Å²) in [5.74, 6) is 1.85. The summed E-state index contributed by atoms with van der Waals surface area (Å²) in [4.78, 5) is 19.4. The van der Waals surface area contributed by atoms with Crippen molar-refractivity contribution < 1.29 is 0 Å². The van der Waals surface area contributed by atoms with E-state index in [2.05, 4.69) is 30.2 Å². The van der Waals surface area contributed by atoms with E-state index < -0.39 is 0 Å². The lowest BCUT2D eigenvalue weighted by molar-refractivity contribution is 0.397. The van der Waals surface area contributed by atoms with E-state index in [4.69, 9.17) is 0 Å². The molecule has 100 valence electrons. The molecule has 0 amide bonds. The zero-order valence-electron chi connectivity index (χ0n) is 11.1. The van der Waals surface area contributed by atoms with E-state index in [0.29, 0.717) is 23.9 Å². The molecule has 2 heterocycles. The molecule has 0 aliphatic heterocycles. The monoisotopic (exact) mass is 259 g/mol. The molecule has 7 heteroatoms. The number of nitrogens with zero attached hydrogens (tertiary/aromatic N) is 6. The third-order valence-corrected chi connectivity index (χ3v) is 3.51. The highest BCUT2D eigenvalue weighted by atomic mass is 15.3. The second kappa shape index (κ2) is 4.83. The molecule has 1 aliphatic rings. The Kier molecular flexibility index (Phi) is 3.02. The molecule has 0 unspecified atom stereocenters. The molecule has 0 bridgehead atoms. The van der Waals surface area contributed by atoms with Gasteiger partial charge in [0.1, 0.15) is 6.33 Å². The van der Waals surface area contributed by atoms with Gasteiger partial charge in [-0.05, 0) is 19.3 Å². The van der Waals surface area contributed by atoms with Gasteiger partial charge in [-0.25, -0.2) is 4.98 Å². The Bertz CT molecular complexity index is 547. The number of hydrogen-bond donors (Lipinski definition) is 1. The number of hydrogen-bond acceptors (Lipinski definition) is 6. The Hall–Kier alpha value is -2.18. The highest BCUT2D eigenvalue weighted by Gasteiger charge is 2.24. The Labute approximate surface area is 111 Å². The summed E-state index contributed by atoms with van der Waals surface area (Å²) in [6, 6.07) is 0.544. The smallest absolute Gasteiger partial charge is 0.241 e. The van der Waals surface area contributed by atoms with E-state index in [1.54, 1.807) is 24.1 Å². The molecule has 7 nitrogen and oxygen atoms in total. The van der Waals surface area contributed by atoms with E-state index in [9.17, 15) is 0 Å². The van der Waals surface area contributed by atoms with Gasteiger partial charge in [0, 0.05) is 32.5 Å². The average Bonchev–Trinajstić information content (AvgIpc) is 2.90. The fourth-order valence-corrected chi connectivity index (χ4v) is 2.05. The maximum absolute atomic E-state index is 4.51. The van der Waals surface area contributed by atoms with E-state index in [0.717, 1.165) is 0 Å². The van der Waals surface area contributed by atoms with Crippen LogP contribution in [0, 0.1) is 0 Å². The summed E-state index contributed by atoms with van der Waals surface area (Å²) in [6.45, 7) is 0. The first-order chi connectivity index (χ1) is 9.28. The third-order valence-electron chi connectivity index (χ3n) is 3.51. The Morgan fingerprint density at radius 1 is 1.32 bits per heavy atom. The van der Waals surface area contributed by atoms with Gasteiger partial charge in [0.2, 0.25) is 17.8 Å². The highest BCUT2D eigenvalue weighted by Crippen LogP contribution is 2.26. The molecule has 1 fully saturated rings. The van der Waals surface area contributed by atoms with Gasteiger partial charge in [-0.2, -0.15) is 15.0 Å². The number of anilines is 2. The summed E-state index contributed by atoms with van der Waals surface area (Å²) in [7, 11) is 3.84. The normalized spacial score (nSPS) is 15.1. The molecule has 1 N–H and O–H groups in total. The molecule has 0 radical (unpaired) electrons. The standard InChI is InChI=1S/C12H17N7/c1-13-10-15-11(18(2)9-4-3-5-9)17-12(16-10)19-7-6-14-8-19/h6-9H,3-5H2,1-2H3,(H,13,15,16,17). The first kappa shape index (κ1) is 11.9. The Balaban J connectivity index is 1.97. The van der Waals surface area contributed by atoms with Crippen molar-refractivity contribution in [2.45, 2.75) is 25.3 Å². The van der Waals surface area contributed by atoms with E-state index in [1.165, 1.54) is 19.3 Å². The lowest BCUT2D eigenvalue weighted by Gasteiger charge is -2.34. The van der Waals surface area contributed by atoms with Crippen molar-refractivity contribution in [2.24, 2.45) is 0 Å². The predicted octanol–water partition coefficient (Wildman–Crippen LogP) is 1.09. The fourth-order valence-electron chi connectivity index (χ4n) is 2.05. The summed E-state index contributed by atoms with van der Waals surface area (Å²) < 4.78 is 1.78. The van der Waals surface area contributed by atoms with Crippen LogP contribution in [0.2, 0.25) is 0 Å². The predicted molar refractivity (Wildman–Crippen MR) is 72.5 cm³/mol. The van der Waals surface area contributed by atoms with Gasteiger partial charge in [-0.3, -0.25) is 4.57 Å². The topological polar surface area (TPSA) is 71.8 Å². The van der Waals surface area contributed by atoms with Crippen LogP contribution in [0.15, 0.2) is 18.7 Å². The minimum Gasteiger partial charge on any atom is -0.357 e. The molecule has 1 saturated carbocycles. The largest absolute Gasteiger partial charge is 0.357 e. The lowest BCUT2D eigenvalue weighted by atomic mass is 9.92. The lowest BCUT2D eigenvalue weighted by Crippen LogP contribution is -2.38. The van der Waals surface area contributed by atoms with Gasteiger partial charge in [0.15, 0.2) is 0 Å². The van der Waals surface area contributed by atoms with Crippen LogP contribution in [0.25, 0.3) is 5.95 Å². The second-order valence-corrected chi connectivity index (χ2v) is 4.67. The van der Waals surface area contributed by atoms with Crippen LogP contribution in [0.3, 0.4) is 0 Å². The second-order valence-electron chi connectivity index (χ2n) is 4.67. The van der Waals surface area contributed by atoms with Crippen LogP contribution in [0.1, 0.15) is 19.3 Å². The zero-order valence-corrected chi connectivity index (χ0v) is 11.1. The van der Waals surface area contributed by atoms with Gasteiger partial charge in [-0.1, -0.05) is 0 Å². The molecular weight excluding hydrogens is 242 g/mol. The molecule has 3 rings (SSSR count). The van der Waals surface area contributed by atoms with E-state index >= 15 is 0 Å². The molecule has 0 saturated heterocycles. The maximum atomic E-state index is 4.51. The van der Waals surface area contributed by atoms with Gasteiger partial charge in [0.05, 0.1) is 0 Å². The number of nitrogens with one attached hydrogen (secondary N) is 1. The quantitative estimate of drug-likeness (QED) is 0.886. The van der Waals surface area contributed by atoms with Crippen LogP contribution in [0.4, 0.5) is 11.9 Å². The first-order valence-electron chi connectivity index (χ1n) is 6.43. The molecule has 2 aromatic heterocycles. The summed E-state index contributed by atoms with van der Waals surface area (Å²) in [5, 5.41) is 2.98. The van der Waals surface area contributed by atoms with Crippen molar-refractivity contribution in [3.8, 4) is 5.95 Å². The molecule has 0 spiro atoms. The maximum Gasteiger partial charge on any atom is 0.241 e. The first-order valence-corrected chi connectivity index (χ1v) is 6.43. The molecular formula is C12H17N7. The zero-order chi connectivity index (χ0) is 13.2. The van der Waals surface area contributed by atoms with Crippen molar-refractivity contribution in [1.29, 1.82) is 0 Å². The summed E-state index contributed by atoms with van der Waals surface area (Å²) in [6.07, 6.45) is 8.91. The van der Waals surface area contributed by atoms with Gasteiger partial charge in [-0.15, -0.1) is 0 Å². The third kappa shape index (κ3) is 2.23. The van der Waals surface area contributed by atoms with Gasteiger partial charge in [0.25, 0.3) is 0 Å². The molecule has 1 aliphatic carbocycles. The molecule has 2 aromatic rings. The molecule has 0 aromatic carbocycles. The van der Waals surface area contributed by atoms with Crippen molar-refractivity contribution in [3.05, 3.63) is 18.7 Å². The van der Waals surface area contributed by atoms with Crippen molar-refractivity contribution in [3.63, 3.8) is 0 Å². The van der Waals surface area contributed by atoms with Gasteiger partial charge >= 0.3 is 0 Å². The van der Waals surface area contributed by atoms with E-state index in [1.807, 2.05) is 13.2 Å². The summed E-state index contributed by atoms with van der Waals surface area (Å²) >= 11 is 0. The van der Waals surface area contributed by atoms with Crippen LogP contribution in [-0.2, 0) is 0 Å². The van der Waals surface area contributed by atoms with Crippen LogP contribution < -0.4 is 10.2 Å². The fraction of sp³-hybridized carbons (Fsp3) is 0.500. The highest BCUT2D eigenvalue weighted by molar-refractivity contribution is 5.40. The van der Waals surface area contributed by atoms with E-state index in [-0.39, 0.29) is 0 Å². The molecule has 0 atom stereocenters. The SMILES string of the molecule is CNc1nc(N(C)C2CCC2)nc(-n2ccnc2)n1. The number of imidazole rings is 1. The average molecular weight is 259 g/mol. The van der Waals surface area contributed by atoms with Gasteiger partial charge < -0.3 is 10.2 Å². The molecule has 19 heavy (non-hydrogen) atoms. The minimum atomic E-state index is 0.544. The Morgan fingerprint density at radius 3 is 2.74 bits per heavy atom. The van der Waals surface area contributed by atoms with Crippen LogP contribution >= 0.6 is 0 Å². The summed E-state index contributed by atoms with van der Waals surface area (Å²) in [5.41, 5.74) is 0. The minimum absolute atomic E-state index is 0.544. The number of aromatic nitrogens is 5. The van der Waals surface area contributed by atoms with Crippen LogP contribution in [0.5, 0.6) is 0 Å². The van der Waals surface area contributed by atoms with Crippen molar-refractivity contribution in [2.75, 3.05) is 24.3 Å². The van der Waals surface area contributed by atoms with Crippen LogP contribution in [-0.4, -0.2) is 44.6 Å².